The lowest BCUT2D eigenvalue weighted by Gasteiger charge is -2.10. The van der Waals surface area contributed by atoms with Gasteiger partial charge in [-0.25, -0.2) is 4.98 Å². The molecule has 1 aliphatic heterocycles. The fourth-order valence-corrected chi connectivity index (χ4v) is 3.12. The summed E-state index contributed by atoms with van der Waals surface area (Å²) in [6.45, 7) is 0.835. The van der Waals surface area contributed by atoms with Gasteiger partial charge < -0.3 is 10.1 Å². The van der Waals surface area contributed by atoms with Gasteiger partial charge in [-0.3, -0.25) is 4.79 Å². The highest BCUT2D eigenvalue weighted by Crippen LogP contribution is 2.24. The number of carbonyl (C=O) groups excluding carboxylic acids is 1. The number of carbonyl (C=O) groups is 1. The van der Waals surface area contributed by atoms with Crippen LogP contribution in [0.5, 0.6) is 0 Å². The van der Waals surface area contributed by atoms with Gasteiger partial charge in [-0.15, -0.1) is 11.3 Å². The molecule has 110 valence electrons. The number of ether oxygens (including phenoxy) is 1. The first-order valence-corrected chi connectivity index (χ1v) is 8.10. The van der Waals surface area contributed by atoms with Crippen LogP contribution in [0.15, 0.2) is 35.8 Å². The average molecular weight is 302 g/mol. The largest absolute Gasteiger partial charge is 0.378 e. The zero-order chi connectivity index (χ0) is 14.5. The topological polar surface area (TPSA) is 51.2 Å². The van der Waals surface area contributed by atoms with Crippen LogP contribution in [0.1, 0.15) is 25.7 Å². The molecule has 5 heteroatoms. The summed E-state index contributed by atoms with van der Waals surface area (Å²) >= 11 is 1.59. The monoisotopic (exact) mass is 302 g/mol. The van der Waals surface area contributed by atoms with E-state index in [1.807, 2.05) is 29.6 Å². The third-order valence-corrected chi connectivity index (χ3v) is 4.37. The molecule has 0 bridgehead atoms. The number of hydrogen-bond acceptors (Lipinski definition) is 4. The van der Waals surface area contributed by atoms with Gasteiger partial charge in [0.1, 0.15) is 5.01 Å². The second-order valence-electron chi connectivity index (χ2n) is 5.14. The zero-order valence-corrected chi connectivity index (χ0v) is 12.6. The molecule has 1 atom stereocenters. The molecule has 2 aromatic rings. The van der Waals surface area contributed by atoms with Crippen LogP contribution in [0.2, 0.25) is 0 Å². The van der Waals surface area contributed by atoms with E-state index in [-0.39, 0.29) is 12.0 Å². The van der Waals surface area contributed by atoms with E-state index in [2.05, 4.69) is 10.3 Å². The minimum absolute atomic E-state index is 0.0433. The first-order valence-electron chi connectivity index (χ1n) is 7.22. The number of amides is 1. The van der Waals surface area contributed by atoms with Gasteiger partial charge >= 0.3 is 0 Å². The quantitative estimate of drug-likeness (QED) is 0.916. The van der Waals surface area contributed by atoms with Crippen LogP contribution in [-0.2, 0) is 9.53 Å². The third kappa shape index (κ3) is 3.89. The second-order valence-corrected chi connectivity index (χ2v) is 6.03. The van der Waals surface area contributed by atoms with Gasteiger partial charge in [-0.1, -0.05) is 12.1 Å². The average Bonchev–Trinajstić information content (AvgIpc) is 3.19. The Morgan fingerprint density at radius 3 is 3.19 bits per heavy atom. The molecule has 1 aromatic heterocycles. The molecule has 1 aliphatic rings. The number of rotatable bonds is 5. The molecule has 3 rings (SSSR count). The van der Waals surface area contributed by atoms with Gasteiger partial charge in [0.05, 0.1) is 6.10 Å². The molecule has 1 saturated heterocycles. The van der Waals surface area contributed by atoms with Crippen molar-refractivity contribution in [2.45, 2.75) is 31.8 Å². The maximum absolute atomic E-state index is 12.0. The van der Waals surface area contributed by atoms with Crippen LogP contribution in [-0.4, -0.2) is 23.6 Å². The highest BCUT2D eigenvalue weighted by atomic mass is 32.1. The Morgan fingerprint density at radius 1 is 1.48 bits per heavy atom. The normalized spacial score (nSPS) is 17.8. The molecule has 1 fully saturated rings. The number of anilines is 1. The SMILES string of the molecule is O=C(CCC1CCCO1)Nc1cccc(-c2nccs2)c1. The molecular formula is C16H18N2O2S. The number of benzene rings is 1. The second kappa shape index (κ2) is 6.83. The van der Waals surface area contributed by atoms with Gasteiger partial charge in [0.25, 0.3) is 0 Å². The van der Waals surface area contributed by atoms with Gasteiger partial charge in [0.15, 0.2) is 0 Å². The van der Waals surface area contributed by atoms with Crippen molar-refractivity contribution in [3.05, 3.63) is 35.8 Å². The van der Waals surface area contributed by atoms with Crippen molar-refractivity contribution in [3.63, 3.8) is 0 Å². The van der Waals surface area contributed by atoms with E-state index in [4.69, 9.17) is 4.74 Å². The molecule has 1 unspecified atom stereocenters. The van der Waals surface area contributed by atoms with E-state index in [0.29, 0.717) is 6.42 Å². The van der Waals surface area contributed by atoms with Gasteiger partial charge in [-0.05, 0) is 31.4 Å². The molecule has 0 saturated carbocycles. The minimum atomic E-state index is 0.0433. The number of hydrogen-bond donors (Lipinski definition) is 1. The summed E-state index contributed by atoms with van der Waals surface area (Å²) in [5.41, 5.74) is 1.85. The number of thiazole rings is 1. The van der Waals surface area contributed by atoms with Crippen LogP contribution in [0.3, 0.4) is 0 Å². The third-order valence-electron chi connectivity index (χ3n) is 3.54. The van der Waals surface area contributed by atoms with E-state index in [9.17, 15) is 4.79 Å². The number of nitrogens with zero attached hydrogens (tertiary/aromatic N) is 1. The maximum Gasteiger partial charge on any atom is 0.224 e. The Balaban J connectivity index is 1.56. The van der Waals surface area contributed by atoms with Gasteiger partial charge in [-0.2, -0.15) is 0 Å². The van der Waals surface area contributed by atoms with E-state index in [1.165, 1.54) is 0 Å². The molecule has 1 N–H and O–H groups in total. The molecule has 0 aliphatic carbocycles. The standard InChI is InChI=1S/C16H18N2O2S/c19-15(7-6-14-5-2-9-20-14)18-13-4-1-3-12(11-13)16-17-8-10-21-16/h1,3-4,8,10-11,14H,2,5-7,9H2,(H,18,19). The van der Waals surface area contributed by atoms with E-state index in [0.717, 1.165) is 42.1 Å². The minimum Gasteiger partial charge on any atom is -0.378 e. The summed E-state index contributed by atoms with van der Waals surface area (Å²) in [7, 11) is 0. The fraction of sp³-hybridized carbons (Fsp3) is 0.375. The summed E-state index contributed by atoms with van der Waals surface area (Å²) in [6.07, 6.45) is 5.55. The lowest BCUT2D eigenvalue weighted by atomic mass is 10.1. The first kappa shape index (κ1) is 14.2. The van der Waals surface area contributed by atoms with Gasteiger partial charge in [0, 0.05) is 35.9 Å². The van der Waals surface area contributed by atoms with Crippen LogP contribution >= 0.6 is 11.3 Å². The number of aromatic nitrogens is 1. The molecule has 4 nitrogen and oxygen atoms in total. The molecule has 1 aromatic carbocycles. The zero-order valence-electron chi connectivity index (χ0n) is 11.7. The van der Waals surface area contributed by atoms with Crippen molar-refractivity contribution in [1.82, 2.24) is 4.98 Å². The van der Waals surface area contributed by atoms with Crippen LogP contribution in [0, 0.1) is 0 Å². The highest BCUT2D eigenvalue weighted by Gasteiger charge is 2.16. The van der Waals surface area contributed by atoms with Crippen molar-refractivity contribution in [3.8, 4) is 10.6 Å². The molecule has 2 heterocycles. The van der Waals surface area contributed by atoms with Crippen molar-refractivity contribution >= 4 is 22.9 Å². The van der Waals surface area contributed by atoms with E-state index >= 15 is 0 Å². The number of nitrogens with one attached hydrogen (secondary N) is 1. The fourth-order valence-electron chi connectivity index (χ4n) is 2.48. The highest BCUT2D eigenvalue weighted by molar-refractivity contribution is 7.13. The Kier molecular flexibility index (Phi) is 4.62. The molecule has 21 heavy (non-hydrogen) atoms. The molecule has 1 amide bonds. The molecular weight excluding hydrogens is 284 g/mol. The van der Waals surface area contributed by atoms with Crippen LogP contribution in [0.4, 0.5) is 5.69 Å². The lowest BCUT2D eigenvalue weighted by molar-refractivity contribution is -0.116. The van der Waals surface area contributed by atoms with Crippen molar-refractivity contribution in [1.29, 1.82) is 0 Å². The Labute approximate surface area is 128 Å². The Bertz CT molecular complexity index is 592. The van der Waals surface area contributed by atoms with E-state index in [1.54, 1.807) is 17.5 Å². The summed E-state index contributed by atoms with van der Waals surface area (Å²) in [4.78, 5) is 16.3. The Morgan fingerprint density at radius 2 is 2.43 bits per heavy atom. The van der Waals surface area contributed by atoms with Crippen molar-refractivity contribution in [2.75, 3.05) is 11.9 Å². The molecule has 0 radical (unpaired) electrons. The lowest BCUT2D eigenvalue weighted by Crippen LogP contribution is -2.15. The summed E-state index contributed by atoms with van der Waals surface area (Å²) in [5, 5.41) is 5.86. The maximum atomic E-state index is 12.0. The van der Waals surface area contributed by atoms with Crippen molar-refractivity contribution in [2.24, 2.45) is 0 Å². The smallest absolute Gasteiger partial charge is 0.224 e. The summed E-state index contributed by atoms with van der Waals surface area (Å²) in [6, 6.07) is 7.80. The van der Waals surface area contributed by atoms with Gasteiger partial charge in [0.2, 0.25) is 5.91 Å². The predicted molar refractivity (Wildman–Crippen MR) is 84.4 cm³/mol. The van der Waals surface area contributed by atoms with Crippen LogP contribution in [0.25, 0.3) is 10.6 Å². The summed E-state index contributed by atoms with van der Waals surface area (Å²) in [5.74, 6) is 0.0433. The van der Waals surface area contributed by atoms with E-state index < -0.39 is 0 Å². The molecule has 0 spiro atoms. The summed E-state index contributed by atoms with van der Waals surface area (Å²) < 4.78 is 5.53. The van der Waals surface area contributed by atoms with Crippen molar-refractivity contribution < 1.29 is 9.53 Å². The Hall–Kier alpha value is -1.72. The first-order chi connectivity index (χ1) is 10.3. The van der Waals surface area contributed by atoms with Crippen LogP contribution < -0.4 is 5.32 Å². The predicted octanol–water partition coefficient (Wildman–Crippen LogP) is 3.71.